The van der Waals surface area contributed by atoms with Crippen LogP contribution in [0, 0.1) is 30.6 Å². The number of hydrogen-bond acceptors (Lipinski definition) is 3. The summed E-state index contributed by atoms with van der Waals surface area (Å²) in [7, 11) is 0. The molecule has 0 N–H and O–H groups in total. The molecule has 0 radical (unpaired) electrons. The minimum Gasteiger partial charge on any atom is -0.340 e. The quantitative estimate of drug-likeness (QED) is 0.846. The Labute approximate surface area is 158 Å². The van der Waals surface area contributed by atoms with Crippen molar-refractivity contribution >= 4 is 11.7 Å². The monoisotopic (exact) mass is 359 g/mol. The molecular weight excluding hydrogens is 338 g/mol. The third-order valence-corrected chi connectivity index (χ3v) is 7.20. The molecule has 2 aliphatic heterocycles. The molecule has 2 saturated carbocycles. The Kier molecular flexibility index (Phi) is 2.93. The fourth-order valence-electron chi connectivity index (χ4n) is 6.16. The van der Waals surface area contributed by atoms with E-state index in [1.165, 1.54) is 5.56 Å². The van der Waals surface area contributed by atoms with Gasteiger partial charge < -0.3 is 9.64 Å². The lowest BCUT2D eigenvalue weighted by molar-refractivity contribution is -0.176. The molecule has 2 bridgehead atoms. The average molecular weight is 359 g/mol. The van der Waals surface area contributed by atoms with E-state index in [4.69, 9.17) is 4.74 Å². The Morgan fingerprint density at radius 3 is 2.56 bits per heavy atom. The van der Waals surface area contributed by atoms with Gasteiger partial charge in [0.25, 0.3) is 0 Å². The summed E-state index contributed by atoms with van der Waals surface area (Å²) in [5.74, 6) is 0.144. The van der Waals surface area contributed by atoms with Crippen LogP contribution >= 0.6 is 0 Å². The molecule has 2 aromatic rings. The van der Waals surface area contributed by atoms with Crippen molar-refractivity contribution in [2.24, 2.45) is 23.7 Å². The van der Waals surface area contributed by atoms with Crippen LogP contribution in [0.15, 0.2) is 54.6 Å². The summed E-state index contributed by atoms with van der Waals surface area (Å²) in [4.78, 5) is 28.2. The van der Waals surface area contributed by atoms with Gasteiger partial charge in [-0.25, -0.2) is 0 Å². The van der Waals surface area contributed by atoms with Crippen molar-refractivity contribution < 1.29 is 14.3 Å². The second kappa shape index (κ2) is 5.08. The van der Waals surface area contributed by atoms with Crippen molar-refractivity contribution in [3.8, 4) is 0 Å². The Hall–Kier alpha value is -2.46. The molecule has 0 aromatic heterocycles. The highest BCUT2D eigenvalue weighted by molar-refractivity contribution is 5.98. The van der Waals surface area contributed by atoms with E-state index in [0.717, 1.165) is 17.5 Å². The van der Waals surface area contributed by atoms with Crippen LogP contribution in [0.1, 0.15) is 23.1 Å². The van der Waals surface area contributed by atoms with Gasteiger partial charge in [-0.05, 0) is 18.9 Å². The van der Waals surface area contributed by atoms with Gasteiger partial charge in [0.05, 0.1) is 5.92 Å². The van der Waals surface area contributed by atoms with Crippen molar-refractivity contribution in [3.63, 3.8) is 0 Å². The maximum absolute atomic E-state index is 13.5. The molecule has 6 unspecified atom stereocenters. The van der Waals surface area contributed by atoms with Gasteiger partial charge in [-0.3, -0.25) is 9.59 Å². The molecule has 4 aliphatic rings. The van der Waals surface area contributed by atoms with E-state index in [-0.39, 0.29) is 41.5 Å². The first-order chi connectivity index (χ1) is 13.1. The summed E-state index contributed by atoms with van der Waals surface area (Å²) >= 11 is 0. The standard InChI is InChI=1S/C23H21NO3/c1-13-7-9-15(10-8-13)23-19-17-11-16(20(25)21(17)27-23)18(19)22(26)24(23)12-14-5-3-2-4-6-14/h2-10,16-19,21H,11-12H2,1H3. The summed E-state index contributed by atoms with van der Waals surface area (Å²) in [6, 6.07) is 18.3. The third-order valence-electron chi connectivity index (χ3n) is 7.20. The Morgan fingerprint density at radius 2 is 1.81 bits per heavy atom. The second-order valence-electron chi connectivity index (χ2n) is 8.47. The number of Topliss-reactive ketones (excluding diaryl/α,β-unsaturated/α-hetero) is 1. The number of benzene rings is 2. The molecule has 1 amide bonds. The number of likely N-dealkylation sites (tertiary alicyclic amines) is 1. The first kappa shape index (κ1) is 15.6. The number of fused-ring (bicyclic) bond motifs is 2. The third kappa shape index (κ3) is 1.77. The Bertz CT molecular complexity index is 953. The van der Waals surface area contributed by atoms with E-state index >= 15 is 0 Å². The number of aryl methyl sites for hydroxylation is 1. The van der Waals surface area contributed by atoms with Crippen LogP contribution in [0.2, 0.25) is 0 Å². The number of carbonyl (C=O) groups is 2. The van der Waals surface area contributed by atoms with Crippen LogP contribution in [-0.2, 0) is 26.6 Å². The zero-order chi connectivity index (χ0) is 18.3. The molecule has 2 aliphatic carbocycles. The van der Waals surface area contributed by atoms with Crippen LogP contribution in [0.4, 0.5) is 0 Å². The molecule has 136 valence electrons. The summed E-state index contributed by atoms with van der Waals surface area (Å²) in [6.45, 7) is 2.57. The summed E-state index contributed by atoms with van der Waals surface area (Å²) in [6.07, 6.45) is 0.473. The van der Waals surface area contributed by atoms with E-state index < -0.39 is 5.72 Å². The fourth-order valence-corrected chi connectivity index (χ4v) is 6.16. The Balaban J connectivity index is 1.53. The normalized spacial score (nSPS) is 38.3. The number of hydrogen-bond donors (Lipinski definition) is 0. The molecular formula is C23H21NO3. The molecule has 2 aromatic carbocycles. The maximum Gasteiger partial charge on any atom is 0.229 e. The average Bonchev–Trinajstić information content (AvgIpc) is 3.35. The number of carbonyl (C=O) groups excluding carboxylic acids is 2. The number of amides is 1. The number of rotatable bonds is 3. The highest BCUT2D eigenvalue weighted by Gasteiger charge is 2.78. The lowest BCUT2D eigenvalue weighted by atomic mass is 9.76. The van der Waals surface area contributed by atoms with E-state index in [1.807, 2.05) is 35.2 Å². The van der Waals surface area contributed by atoms with E-state index in [0.29, 0.717) is 6.54 Å². The van der Waals surface area contributed by atoms with Crippen LogP contribution in [0.25, 0.3) is 0 Å². The number of nitrogens with zero attached hydrogens (tertiary/aromatic N) is 1. The van der Waals surface area contributed by atoms with Gasteiger partial charge in [0, 0.05) is 29.9 Å². The van der Waals surface area contributed by atoms with Crippen molar-refractivity contribution in [3.05, 3.63) is 71.3 Å². The van der Waals surface area contributed by atoms with Crippen molar-refractivity contribution in [1.82, 2.24) is 4.90 Å². The van der Waals surface area contributed by atoms with Gasteiger partial charge in [-0.2, -0.15) is 0 Å². The topological polar surface area (TPSA) is 46.6 Å². The van der Waals surface area contributed by atoms with Gasteiger partial charge in [0.1, 0.15) is 6.10 Å². The van der Waals surface area contributed by atoms with Crippen LogP contribution in [0.5, 0.6) is 0 Å². The molecule has 4 fully saturated rings. The molecule has 27 heavy (non-hydrogen) atoms. The maximum atomic E-state index is 13.5. The van der Waals surface area contributed by atoms with Crippen molar-refractivity contribution in [2.75, 3.05) is 0 Å². The number of ketones is 1. The molecule has 2 saturated heterocycles. The van der Waals surface area contributed by atoms with E-state index in [9.17, 15) is 9.59 Å². The Morgan fingerprint density at radius 1 is 1.07 bits per heavy atom. The van der Waals surface area contributed by atoms with Gasteiger partial charge in [-0.15, -0.1) is 0 Å². The molecule has 2 heterocycles. The zero-order valence-corrected chi connectivity index (χ0v) is 15.2. The zero-order valence-electron chi connectivity index (χ0n) is 15.2. The SMILES string of the molecule is Cc1ccc(C23OC4C(=O)C5CC4C2C5C(=O)N3Cc2ccccc2)cc1. The van der Waals surface area contributed by atoms with E-state index in [2.05, 4.69) is 31.2 Å². The first-order valence-electron chi connectivity index (χ1n) is 9.75. The predicted molar refractivity (Wildman–Crippen MR) is 98.3 cm³/mol. The largest absolute Gasteiger partial charge is 0.340 e. The molecule has 4 nitrogen and oxygen atoms in total. The van der Waals surface area contributed by atoms with E-state index in [1.54, 1.807) is 0 Å². The molecule has 4 heteroatoms. The second-order valence-corrected chi connectivity index (χ2v) is 8.47. The summed E-state index contributed by atoms with van der Waals surface area (Å²) in [5, 5.41) is 0. The lowest BCUT2D eigenvalue weighted by Gasteiger charge is -2.39. The highest BCUT2D eigenvalue weighted by atomic mass is 16.5. The first-order valence-corrected chi connectivity index (χ1v) is 9.75. The summed E-state index contributed by atoms with van der Waals surface area (Å²) in [5.41, 5.74) is 2.46. The van der Waals surface area contributed by atoms with Crippen LogP contribution in [-0.4, -0.2) is 22.7 Å². The number of ether oxygens (including phenoxy) is 1. The van der Waals surface area contributed by atoms with Crippen LogP contribution in [0.3, 0.4) is 0 Å². The predicted octanol–water partition coefficient (Wildman–Crippen LogP) is 3.04. The smallest absolute Gasteiger partial charge is 0.229 e. The van der Waals surface area contributed by atoms with Gasteiger partial charge in [-0.1, -0.05) is 60.2 Å². The van der Waals surface area contributed by atoms with Gasteiger partial charge in [0.2, 0.25) is 5.91 Å². The molecule has 0 spiro atoms. The van der Waals surface area contributed by atoms with Crippen LogP contribution < -0.4 is 0 Å². The summed E-state index contributed by atoms with van der Waals surface area (Å²) < 4.78 is 6.57. The lowest BCUT2D eigenvalue weighted by Crippen LogP contribution is -2.47. The van der Waals surface area contributed by atoms with Gasteiger partial charge in [0.15, 0.2) is 11.5 Å². The fraction of sp³-hybridized carbons (Fsp3) is 0.391. The van der Waals surface area contributed by atoms with Gasteiger partial charge >= 0.3 is 0 Å². The minimum absolute atomic E-state index is 0.0865. The van der Waals surface area contributed by atoms with Crippen molar-refractivity contribution in [1.29, 1.82) is 0 Å². The molecule has 6 rings (SSSR count). The van der Waals surface area contributed by atoms with Crippen molar-refractivity contribution in [2.45, 2.75) is 31.7 Å². The highest BCUT2D eigenvalue weighted by Crippen LogP contribution is 2.69. The molecule has 6 atom stereocenters. The minimum atomic E-state index is -0.804.